The van der Waals surface area contributed by atoms with Gasteiger partial charge in [-0.1, -0.05) is 12.1 Å². The number of hydrogen-bond acceptors (Lipinski definition) is 4. The van der Waals surface area contributed by atoms with Crippen LogP contribution >= 0.6 is 11.3 Å². The van der Waals surface area contributed by atoms with E-state index in [1.54, 1.807) is 11.3 Å². The lowest BCUT2D eigenvalue weighted by atomic mass is 10.0. The van der Waals surface area contributed by atoms with Gasteiger partial charge < -0.3 is 15.2 Å². The summed E-state index contributed by atoms with van der Waals surface area (Å²) in [7, 11) is 0. The van der Waals surface area contributed by atoms with Crippen LogP contribution in [0.2, 0.25) is 0 Å². The van der Waals surface area contributed by atoms with Gasteiger partial charge in [0.15, 0.2) is 11.5 Å². The van der Waals surface area contributed by atoms with Gasteiger partial charge in [0, 0.05) is 17.3 Å². The average Bonchev–Trinajstić information content (AvgIpc) is 2.94. The first-order valence-corrected chi connectivity index (χ1v) is 7.80. The molecule has 2 aromatic rings. The van der Waals surface area contributed by atoms with Crippen LogP contribution in [0.1, 0.15) is 30.3 Å². The molecule has 1 atom stereocenters. The fourth-order valence-corrected chi connectivity index (χ4v) is 2.83. The minimum absolute atomic E-state index is 0.0245. The number of benzene rings is 1. The van der Waals surface area contributed by atoms with Gasteiger partial charge in [0.2, 0.25) is 0 Å². The average molecular weight is 291 g/mol. The van der Waals surface area contributed by atoms with Gasteiger partial charge in [-0.05, 0) is 43.0 Å². The van der Waals surface area contributed by atoms with E-state index in [2.05, 4.69) is 17.5 Å². The van der Waals surface area contributed by atoms with Crippen molar-refractivity contribution in [1.29, 1.82) is 0 Å². The monoisotopic (exact) mass is 291 g/mol. The Hall–Kier alpha value is -1.52. The molecular formula is C16H21NO2S. The van der Waals surface area contributed by atoms with E-state index in [0.717, 1.165) is 23.5 Å². The molecule has 0 saturated heterocycles. The van der Waals surface area contributed by atoms with E-state index in [1.165, 1.54) is 4.88 Å². The van der Waals surface area contributed by atoms with Crippen molar-refractivity contribution < 1.29 is 9.47 Å². The molecule has 4 heteroatoms. The Morgan fingerprint density at radius 1 is 1.10 bits per heavy atom. The van der Waals surface area contributed by atoms with Crippen molar-refractivity contribution in [1.82, 2.24) is 0 Å². The molecule has 1 aromatic heterocycles. The molecule has 0 aliphatic carbocycles. The van der Waals surface area contributed by atoms with Gasteiger partial charge in [0.05, 0.1) is 13.2 Å². The van der Waals surface area contributed by atoms with Gasteiger partial charge in [0.1, 0.15) is 0 Å². The lowest BCUT2D eigenvalue weighted by Crippen LogP contribution is -2.13. The zero-order valence-corrected chi connectivity index (χ0v) is 12.8. The van der Waals surface area contributed by atoms with E-state index in [1.807, 2.05) is 32.0 Å². The first-order chi connectivity index (χ1) is 9.74. The van der Waals surface area contributed by atoms with Crippen molar-refractivity contribution in [3.63, 3.8) is 0 Å². The van der Waals surface area contributed by atoms with Gasteiger partial charge in [-0.25, -0.2) is 0 Å². The van der Waals surface area contributed by atoms with Crippen LogP contribution in [0.4, 0.5) is 0 Å². The maximum Gasteiger partial charge on any atom is 0.161 e. The molecule has 1 unspecified atom stereocenters. The van der Waals surface area contributed by atoms with Crippen molar-refractivity contribution in [3.05, 3.63) is 46.2 Å². The highest BCUT2D eigenvalue weighted by Crippen LogP contribution is 2.31. The van der Waals surface area contributed by atoms with Crippen LogP contribution < -0.4 is 15.2 Å². The zero-order chi connectivity index (χ0) is 14.4. The molecule has 1 aromatic carbocycles. The molecule has 0 spiro atoms. The van der Waals surface area contributed by atoms with E-state index < -0.39 is 0 Å². The van der Waals surface area contributed by atoms with Crippen LogP contribution in [0.5, 0.6) is 11.5 Å². The summed E-state index contributed by atoms with van der Waals surface area (Å²) in [4.78, 5) is 1.30. The molecule has 0 aliphatic rings. The summed E-state index contributed by atoms with van der Waals surface area (Å²) >= 11 is 1.74. The Morgan fingerprint density at radius 2 is 1.85 bits per heavy atom. The maximum atomic E-state index is 6.29. The number of nitrogens with two attached hydrogens (primary N) is 1. The van der Waals surface area contributed by atoms with Gasteiger partial charge in [0.25, 0.3) is 0 Å². The van der Waals surface area contributed by atoms with E-state index in [9.17, 15) is 0 Å². The molecule has 0 bridgehead atoms. The van der Waals surface area contributed by atoms with Crippen LogP contribution in [0, 0.1) is 0 Å². The van der Waals surface area contributed by atoms with Gasteiger partial charge in [-0.3, -0.25) is 0 Å². The molecule has 0 amide bonds. The Labute approximate surface area is 124 Å². The Bertz CT molecular complexity index is 525. The van der Waals surface area contributed by atoms with Crippen LogP contribution in [-0.4, -0.2) is 13.2 Å². The fourth-order valence-electron chi connectivity index (χ4n) is 2.06. The van der Waals surface area contributed by atoms with Crippen LogP contribution in [0.3, 0.4) is 0 Å². The largest absolute Gasteiger partial charge is 0.490 e. The minimum Gasteiger partial charge on any atom is -0.490 e. The number of rotatable bonds is 7. The number of hydrogen-bond donors (Lipinski definition) is 1. The van der Waals surface area contributed by atoms with Crippen molar-refractivity contribution >= 4 is 11.3 Å². The number of ether oxygens (including phenoxy) is 2. The van der Waals surface area contributed by atoms with E-state index in [4.69, 9.17) is 15.2 Å². The number of thiophene rings is 1. The van der Waals surface area contributed by atoms with Crippen molar-refractivity contribution in [2.75, 3.05) is 13.2 Å². The van der Waals surface area contributed by atoms with Crippen molar-refractivity contribution in [3.8, 4) is 11.5 Å². The summed E-state index contributed by atoms with van der Waals surface area (Å²) in [6.07, 6.45) is 0.844. The van der Waals surface area contributed by atoms with E-state index >= 15 is 0 Å². The predicted octanol–water partition coefficient (Wildman–Crippen LogP) is 3.79. The van der Waals surface area contributed by atoms with E-state index in [0.29, 0.717) is 13.2 Å². The summed E-state index contributed by atoms with van der Waals surface area (Å²) < 4.78 is 11.2. The lowest BCUT2D eigenvalue weighted by molar-refractivity contribution is 0.287. The molecule has 0 aliphatic heterocycles. The predicted molar refractivity (Wildman–Crippen MR) is 83.7 cm³/mol. The summed E-state index contributed by atoms with van der Waals surface area (Å²) in [5, 5.41) is 2.08. The molecule has 0 radical (unpaired) electrons. The second kappa shape index (κ2) is 7.31. The summed E-state index contributed by atoms with van der Waals surface area (Å²) in [5.41, 5.74) is 7.36. The molecule has 2 rings (SSSR count). The Balaban J connectivity index is 2.16. The summed E-state index contributed by atoms with van der Waals surface area (Å²) in [6, 6.07) is 10.1. The third-order valence-corrected chi connectivity index (χ3v) is 3.90. The molecule has 0 fully saturated rings. The van der Waals surface area contributed by atoms with Crippen LogP contribution in [0.15, 0.2) is 35.7 Å². The highest BCUT2D eigenvalue weighted by Gasteiger charge is 2.12. The molecule has 2 N–H and O–H groups in total. The highest BCUT2D eigenvalue weighted by atomic mass is 32.1. The summed E-state index contributed by atoms with van der Waals surface area (Å²) in [6.45, 7) is 5.17. The molecule has 108 valence electrons. The smallest absolute Gasteiger partial charge is 0.161 e. The maximum absolute atomic E-state index is 6.29. The second-order valence-electron chi connectivity index (χ2n) is 4.46. The second-order valence-corrected chi connectivity index (χ2v) is 5.49. The molecular weight excluding hydrogens is 270 g/mol. The molecule has 0 saturated carbocycles. The molecule has 20 heavy (non-hydrogen) atoms. The van der Waals surface area contributed by atoms with Gasteiger partial charge in [-0.2, -0.15) is 0 Å². The fraction of sp³-hybridized carbons (Fsp3) is 0.375. The van der Waals surface area contributed by atoms with Crippen LogP contribution in [0.25, 0.3) is 0 Å². The lowest BCUT2D eigenvalue weighted by Gasteiger charge is -2.16. The van der Waals surface area contributed by atoms with Gasteiger partial charge >= 0.3 is 0 Å². The molecule has 1 heterocycles. The first kappa shape index (κ1) is 14.9. The first-order valence-electron chi connectivity index (χ1n) is 6.92. The quantitative estimate of drug-likeness (QED) is 0.844. The minimum atomic E-state index is -0.0245. The van der Waals surface area contributed by atoms with Gasteiger partial charge in [-0.15, -0.1) is 11.3 Å². The topological polar surface area (TPSA) is 44.5 Å². The van der Waals surface area contributed by atoms with Crippen LogP contribution in [-0.2, 0) is 6.42 Å². The third kappa shape index (κ3) is 3.74. The summed E-state index contributed by atoms with van der Waals surface area (Å²) in [5.74, 6) is 1.55. The van der Waals surface area contributed by atoms with E-state index in [-0.39, 0.29) is 6.04 Å². The standard InChI is InChI=1S/C16H21NO2S/c1-3-18-15-8-7-12(10-16(15)19-4-2)14(17)11-13-6-5-9-20-13/h5-10,14H,3-4,11,17H2,1-2H3. The normalized spacial score (nSPS) is 12.2. The van der Waals surface area contributed by atoms with Crippen molar-refractivity contribution in [2.45, 2.75) is 26.3 Å². The highest BCUT2D eigenvalue weighted by molar-refractivity contribution is 7.09. The third-order valence-electron chi connectivity index (χ3n) is 3.00. The Morgan fingerprint density at radius 3 is 2.50 bits per heavy atom. The zero-order valence-electron chi connectivity index (χ0n) is 12.0. The van der Waals surface area contributed by atoms with Crippen molar-refractivity contribution in [2.24, 2.45) is 5.73 Å². The SMILES string of the molecule is CCOc1ccc(C(N)Cc2cccs2)cc1OCC. The Kier molecular flexibility index (Phi) is 5.44. The molecule has 3 nitrogen and oxygen atoms in total.